The van der Waals surface area contributed by atoms with Crippen LogP contribution in [0.3, 0.4) is 0 Å². The van der Waals surface area contributed by atoms with Gasteiger partial charge in [-0.1, -0.05) is 42.5 Å². The molecule has 4 rings (SSSR count). The lowest BCUT2D eigenvalue weighted by Crippen LogP contribution is -2.53. The SMILES string of the molecule is CC(NC(=O)N1CCN(CC2CCCO2)CC1)c1cccc2ccccc12. The minimum absolute atomic E-state index is 0.0199. The number of benzene rings is 2. The number of carbonyl (C=O) groups excluding carboxylic acids is 1. The molecule has 144 valence electrons. The first-order valence-electron chi connectivity index (χ1n) is 10.1. The first kappa shape index (κ1) is 18.3. The lowest BCUT2D eigenvalue weighted by Gasteiger charge is -2.36. The molecule has 2 aromatic carbocycles. The normalized spacial score (nSPS) is 22.1. The van der Waals surface area contributed by atoms with Gasteiger partial charge in [0.1, 0.15) is 0 Å². The van der Waals surface area contributed by atoms with Crippen LogP contribution in [0.2, 0.25) is 0 Å². The van der Waals surface area contributed by atoms with Gasteiger partial charge in [0.15, 0.2) is 0 Å². The van der Waals surface area contributed by atoms with Gasteiger partial charge in [-0.05, 0) is 36.1 Å². The lowest BCUT2D eigenvalue weighted by atomic mass is 10.00. The van der Waals surface area contributed by atoms with Crippen LogP contribution in [0.15, 0.2) is 42.5 Å². The number of piperazine rings is 1. The van der Waals surface area contributed by atoms with Crippen LogP contribution in [0.4, 0.5) is 4.79 Å². The number of amides is 2. The van der Waals surface area contributed by atoms with Crippen LogP contribution in [-0.2, 0) is 4.74 Å². The topological polar surface area (TPSA) is 44.8 Å². The number of hydrogen-bond donors (Lipinski definition) is 1. The summed E-state index contributed by atoms with van der Waals surface area (Å²) in [6.45, 7) is 7.38. The van der Waals surface area contributed by atoms with Gasteiger partial charge < -0.3 is 15.0 Å². The zero-order chi connectivity index (χ0) is 18.6. The number of nitrogens with zero attached hydrogens (tertiary/aromatic N) is 2. The summed E-state index contributed by atoms with van der Waals surface area (Å²) < 4.78 is 5.73. The van der Waals surface area contributed by atoms with Crippen molar-refractivity contribution in [3.05, 3.63) is 48.0 Å². The predicted molar refractivity (Wildman–Crippen MR) is 108 cm³/mol. The second-order valence-electron chi connectivity index (χ2n) is 7.66. The molecule has 5 heteroatoms. The van der Waals surface area contributed by atoms with Crippen molar-refractivity contribution in [2.24, 2.45) is 0 Å². The number of fused-ring (bicyclic) bond motifs is 1. The van der Waals surface area contributed by atoms with Crippen molar-refractivity contribution in [3.63, 3.8) is 0 Å². The minimum atomic E-state index is -0.0199. The largest absolute Gasteiger partial charge is 0.377 e. The molecular formula is C22H29N3O2. The van der Waals surface area contributed by atoms with Crippen LogP contribution in [0, 0.1) is 0 Å². The Hall–Kier alpha value is -2.11. The zero-order valence-electron chi connectivity index (χ0n) is 16.1. The standard InChI is InChI=1S/C22H29N3O2/c1-17(20-10-4-7-18-6-2-3-9-21(18)20)23-22(26)25-13-11-24(12-14-25)16-19-8-5-15-27-19/h2-4,6-7,9-10,17,19H,5,8,11-16H2,1H3,(H,23,26). The fraction of sp³-hybridized carbons (Fsp3) is 0.500. The molecule has 5 nitrogen and oxygen atoms in total. The molecule has 2 unspecified atom stereocenters. The first-order chi connectivity index (χ1) is 13.2. The fourth-order valence-electron chi connectivity index (χ4n) is 4.19. The molecule has 2 fully saturated rings. The predicted octanol–water partition coefficient (Wildman–Crippen LogP) is 3.41. The van der Waals surface area contributed by atoms with Gasteiger partial charge in [-0.2, -0.15) is 0 Å². The Morgan fingerprint density at radius 2 is 1.93 bits per heavy atom. The van der Waals surface area contributed by atoms with Crippen LogP contribution in [0.5, 0.6) is 0 Å². The van der Waals surface area contributed by atoms with E-state index in [0.29, 0.717) is 6.10 Å². The molecule has 0 saturated carbocycles. The van der Waals surface area contributed by atoms with Crippen molar-refractivity contribution in [2.45, 2.75) is 31.9 Å². The van der Waals surface area contributed by atoms with Crippen LogP contribution in [0.1, 0.15) is 31.4 Å². The maximum atomic E-state index is 12.7. The maximum Gasteiger partial charge on any atom is 0.317 e. The second kappa shape index (κ2) is 8.28. The second-order valence-corrected chi connectivity index (χ2v) is 7.66. The van der Waals surface area contributed by atoms with Crippen LogP contribution >= 0.6 is 0 Å². The molecule has 0 spiro atoms. The molecular weight excluding hydrogens is 338 g/mol. The van der Waals surface area contributed by atoms with Crippen LogP contribution in [0.25, 0.3) is 10.8 Å². The van der Waals surface area contributed by atoms with E-state index in [1.807, 2.05) is 17.0 Å². The van der Waals surface area contributed by atoms with E-state index < -0.39 is 0 Å². The third kappa shape index (κ3) is 4.25. The van der Waals surface area contributed by atoms with E-state index in [1.54, 1.807) is 0 Å². The van der Waals surface area contributed by atoms with Crippen molar-refractivity contribution in [3.8, 4) is 0 Å². The monoisotopic (exact) mass is 367 g/mol. The summed E-state index contributed by atoms with van der Waals surface area (Å²) in [5.41, 5.74) is 1.17. The molecule has 0 bridgehead atoms. The Bertz CT molecular complexity index is 775. The summed E-state index contributed by atoms with van der Waals surface area (Å²) in [4.78, 5) is 17.1. The molecule has 2 amide bonds. The van der Waals surface area contributed by atoms with E-state index in [0.717, 1.165) is 39.3 Å². The van der Waals surface area contributed by atoms with Crippen molar-refractivity contribution in [2.75, 3.05) is 39.3 Å². The summed E-state index contributed by atoms with van der Waals surface area (Å²) in [5.74, 6) is 0. The van der Waals surface area contributed by atoms with E-state index in [9.17, 15) is 4.79 Å². The van der Waals surface area contributed by atoms with E-state index in [-0.39, 0.29) is 12.1 Å². The van der Waals surface area contributed by atoms with Gasteiger partial charge >= 0.3 is 6.03 Å². The molecule has 2 heterocycles. The molecule has 2 aliphatic heterocycles. The van der Waals surface area contributed by atoms with E-state index in [4.69, 9.17) is 4.74 Å². The third-order valence-corrected chi connectivity index (χ3v) is 5.78. The average molecular weight is 367 g/mol. The third-order valence-electron chi connectivity index (χ3n) is 5.78. The number of nitrogens with one attached hydrogen (secondary N) is 1. The number of ether oxygens (including phenoxy) is 1. The highest BCUT2D eigenvalue weighted by Crippen LogP contribution is 2.24. The minimum Gasteiger partial charge on any atom is -0.377 e. The molecule has 0 radical (unpaired) electrons. The van der Waals surface area contributed by atoms with Crippen molar-refractivity contribution in [1.82, 2.24) is 15.1 Å². The van der Waals surface area contributed by atoms with Crippen molar-refractivity contribution in [1.29, 1.82) is 0 Å². The number of urea groups is 1. The van der Waals surface area contributed by atoms with Crippen LogP contribution < -0.4 is 5.32 Å². The molecule has 2 aliphatic rings. The molecule has 2 saturated heterocycles. The highest BCUT2D eigenvalue weighted by molar-refractivity contribution is 5.86. The molecule has 0 aliphatic carbocycles. The Morgan fingerprint density at radius 1 is 1.15 bits per heavy atom. The lowest BCUT2D eigenvalue weighted by molar-refractivity contribution is 0.0559. The Balaban J connectivity index is 1.32. The highest BCUT2D eigenvalue weighted by atomic mass is 16.5. The van der Waals surface area contributed by atoms with Gasteiger partial charge in [0.25, 0.3) is 0 Å². The summed E-state index contributed by atoms with van der Waals surface area (Å²) >= 11 is 0. The maximum absolute atomic E-state index is 12.7. The van der Waals surface area contributed by atoms with Gasteiger partial charge in [0.05, 0.1) is 12.1 Å². The molecule has 1 N–H and O–H groups in total. The number of rotatable bonds is 4. The Morgan fingerprint density at radius 3 is 2.70 bits per heavy atom. The average Bonchev–Trinajstić information content (AvgIpc) is 3.21. The molecule has 2 aromatic rings. The van der Waals surface area contributed by atoms with Gasteiger partial charge in [0, 0.05) is 39.3 Å². The zero-order valence-corrected chi connectivity index (χ0v) is 16.1. The van der Waals surface area contributed by atoms with E-state index >= 15 is 0 Å². The number of carbonyl (C=O) groups is 1. The smallest absolute Gasteiger partial charge is 0.317 e. The molecule has 27 heavy (non-hydrogen) atoms. The number of hydrogen-bond acceptors (Lipinski definition) is 3. The fourth-order valence-corrected chi connectivity index (χ4v) is 4.19. The summed E-state index contributed by atoms with van der Waals surface area (Å²) in [5, 5.41) is 5.60. The summed E-state index contributed by atoms with van der Waals surface area (Å²) in [6.07, 6.45) is 2.74. The van der Waals surface area contributed by atoms with Gasteiger partial charge in [-0.25, -0.2) is 4.79 Å². The van der Waals surface area contributed by atoms with Crippen molar-refractivity contribution >= 4 is 16.8 Å². The van der Waals surface area contributed by atoms with E-state index in [1.165, 1.54) is 29.2 Å². The highest BCUT2D eigenvalue weighted by Gasteiger charge is 2.25. The van der Waals surface area contributed by atoms with E-state index in [2.05, 4.69) is 47.5 Å². The Labute approximate surface area is 161 Å². The molecule has 2 atom stereocenters. The quantitative estimate of drug-likeness (QED) is 0.901. The first-order valence-corrected chi connectivity index (χ1v) is 10.1. The Kier molecular flexibility index (Phi) is 5.60. The van der Waals surface area contributed by atoms with Crippen LogP contribution in [-0.4, -0.2) is 61.3 Å². The summed E-state index contributed by atoms with van der Waals surface area (Å²) in [6, 6.07) is 14.6. The van der Waals surface area contributed by atoms with Gasteiger partial charge in [0.2, 0.25) is 0 Å². The van der Waals surface area contributed by atoms with Gasteiger partial charge in [-0.15, -0.1) is 0 Å². The summed E-state index contributed by atoms with van der Waals surface area (Å²) in [7, 11) is 0. The molecule has 0 aromatic heterocycles. The van der Waals surface area contributed by atoms with Crippen molar-refractivity contribution < 1.29 is 9.53 Å². The van der Waals surface area contributed by atoms with Gasteiger partial charge in [-0.3, -0.25) is 4.90 Å².